The van der Waals surface area contributed by atoms with Gasteiger partial charge in [-0.05, 0) is 39.0 Å². The second-order valence-electron chi connectivity index (χ2n) is 6.71. The molecule has 1 aromatic heterocycles. The van der Waals surface area contributed by atoms with Crippen LogP contribution in [-0.4, -0.2) is 53.0 Å². The van der Waals surface area contributed by atoms with Gasteiger partial charge < -0.3 is 19.9 Å². The van der Waals surface area contributed by atoms with Crippen molar-refractivity contribution in [3.8, 4) is 0 Å². The molecule has 1 aliphatic heterocycles. The molecule has 24 heavy (non-hydrogen) atoms. The normalized spacial score (nSPS) is 18.7. The number of aryl methyl sites for hydroxylation is 1. The van der Waals surface area contributed by atoms with E-state index in [0.29, 0.717) is 25.0 Å². The first kappa shape index (κ1) is 17.4. The van der Waals surface area contributed by atoms with Crippen LogP contribution in [-0.2, 0) is 22.5 Å². The number of nitrogens with one attached hydrogen (secondary N) is 2. The van der Waals surface area contributed by atoms with E-state index in [4.69, 9.17) is 4.74 Å². The second-order valence-corrected chi connectivity index (χ2v) is 6.71. The number of carbonyl (C=O) groups is 1. The molecule has 3 rings (SSSR count). The van der Waals surface area contributed by atoms with Crippen LogP contribution in [0.3, 0.4) is 0 Å². The van der Waals surface area contributed by atoms with Crippen LogP contribution in [0.5, 0.6) is 0 Å². The van der Waals surface area contributed by atoms with Crippen LogP contribution >= 0.6 is 0 Å². The Morgan fingerprint density at radius 1 is 1.25 bits per heavy atom. The third-order valence-corrected chi connectivity index (χ3v) is 4.79. The maximum absolute atomic E-state index is 11.9. The Balaban J connectivity index is 1.32. The average Bonchev–Trinajstić information content (AvgIpc) is 3.38. The van der Waals surface area contributed by atoms with Gasteiger partial charge in [0.05, 0.1) is 6.54 Å². The maximum atomic E-state index is 11.9. The Labute approximate surface area is 143 Å². The van der Waals surface area contributed by atoms with Crippen LogP contribution in [0.1, 0.15) is 56.6 Å². The summed E-state index contributed by atoms with van der Waals surface area (Å²) in [6.07, 6.45) is 6.22. The quantitative estimate of drug-likeness (QED) is 0.658. The molecule has 0 aromatic carbocycles. The summed E-state index contributed by atoms with van der Waals surface area (Å²) >= 11 is 0. The highest BCUT2D eigenvalue weighted by molar-refractivity contribution is 5.77. The van der Waals surface area contributed by atoms with E-state index in [1.54, 1.807) is 0 Å². The number of ether oxygens (including phenoxy) is 1. The van der Waals surface area contributed by atoms with E-state index in [0.717, 1.165) is 57.1 Å². The van der Waals surface area contributed by atoms with Gasteiger partial charge in [-0.1, -0.05) is 0 Å². The molecular formula is C17H29N5O2. The molecule has 0 radical (unpaired) electrons. The van der Waals surface area contributed by atoms with Gasteiger partial charge in [-0.3, -0.25) is 4.79 Å². The highest BCUT2D eigenvalue weighted by Crippen LogP contribution is 2.39. The fourth-order valence-corrected chi connectivity index (χ4v) is 3.20. The van der Waals surface area contributed by atoms with Crippen molar-refractivity contribution < 1.29 is 9.53 Å². The molecule has 1 aromatic rings. The minimum absolute atomic E-state index is 0.0668. The second kappa shape index (κ2) is 8.58. The lowest BCUT2D eigenvalue weighted by atomic mass is 10.1. The van der Waals surface area contributed by atoms with Gasteiger partial charge in [-0.25, -0.2) is 0 Å². The van der Waals surface area contributed by atoms with E-state index in [-0.39, 0.29) is 5.91 Å². The number of aromatic nitrogens is 3. The SMILES string of the molecule is CCn1c(CCCNC(=O)CNC2CCOCC2)nnc1C1CC1. The fraction of sp³-hybridized carbons (Fsp3) is 0.824. The molecule has 134 valence electrons. The summed E-state index contributed by atoms with van der Waals surface area (Å²) < 4.78 is 7.56. The lowest BCUT2D eigenvalue weighted by Crippen LogP contribution is -2.41. The van der Waals surface area contributed by atoms with Crippen LogP contribution in [0.4, 0.5) is 0 Å². The molecule has 2 fully saturated rings. The first-order valence-corrected chi connectivity index (χ1v) is 9.27. The highest BCUT2D eigenvalue weighted by Gasteiger charge is 2.29. The lowest BCUT2D eigenvalue weighted by Gasteiger charge is -2.22. The number of amides is 1. The summed E-state index contributed by atoms with van der Waals surface area (Å²) in [6.45, 7) is 5.73. The molecule has 2 heterocycles. The van der Waals surface area contributed by atoms with E-state index in [1.165, 1.54) is 12.8 Å². The maximum Gasteiger partial charge on any atom is 0.233 e. The van der Waals surface area contributed by atoms with Crippen molar-refractivity contribution in [1.29, 1.82) is 0 Å². The van der Waals surface area contributed by atoms with E-state index in [2.05, 4.69) is 32.3 Å². The van der Waals surface area contributed by atoms with Crippen molar-refractivity contribution in [2.24, 2.45) is 0 Å². The molecule has 0 spiro atoms. The summed E-state index contributed by atoms with van der Waals surface area (Å²) in [5.41, 5.74) is 0. The molecule has 2 N–H and O–H groups in total. The molecule has 7 nitrogen and oxygen atoms in total. The molecule has 7 heteroatoms. The van der Waals surface area contributed by atoms with Crippen molar-refractivity contribution in [3.05, 3.63) is 11.6 Å². The third kappa shape index (κ3) is 4.77. The number of rotatable bonds is 9. The molecular weight excluding hydrogens is 306 g/mol. The Morgan fingerprint density at radius 2 is 2.04 bits per heavy atom. The van der Waals surface area contributed by atoms with E-state index in [1.807, 2.05) is 0 Å². The number of hydrogen-bond acceptors (Lipinski definition) is 5. The highest BCUT2D eigenvalue weighted by atomic mass is 16.5. The lowest BCUT2D eigenvalue weighted by molar-refractivity contribution is -0.120. The van der Waals surface area contributed by atoms with Gasteiger partial charge in [0.1, 0.15) is 11.6 Å². The van der Waals surface area contributed by atoms with Crippen molar-refractivity contribution in [3.63, 3.8) is 0 Å². The van der Waals surface area contributed by atoms with Crippen LogP contribution in [0.2, 0.25) is 0 Å². The van der Waals surface area contributed by atoms with Crippen molar-refractivity contribution in [2.45, 2.75) is 64.0 Å². The Bertz CT molecular complexity index is 535. The van der Waals surface area contributed by atoms with Gasteiger partial charge in [0.25, 0.3) is 0 Å². The number of carbonyl (C=O) groups excluding carboxylic acids is 1. The summed E-state index contributed by atoms with van der Waals surface area (Å²) in [4.78, 5) is 11.9. The monoisotopic (exact) mass is 335 g/mol. The predicted octanol–water partition coefficient (Wildman–Crippen LogP) is 0.993. The van der Waals surface area contributed by atoms with Gasteiger partial charge in [0.2, 0.25) is 5.91 Å². The minimum atomic E-state index is 0.0668. The summed E-state index contributed by atoms with van der Waals surface area (Å²) in [5, 5.41) is 15.0. The molecule has 0 bridgehead atoms. The number of nitrogens with zero attached hydrogens (tertiary/aromatic N) is 3. The Morgan fingerprint density at radius 3 is 2.75 bits per heavy atom. The predicted molar refractivity (Wildman–Crippen MR) is 90.8 cm³/mol. The van der Waals surface area contributed by atoms with Crippen LogP contribution in [0.25, 0.3) is 0 Å². The smallest absolute Gasteiger partial charge is 0.233 e. The Hall–Kier alpha value is -1.47. The summed E-state index contributed by atoms with van der Waals surface area (Å²) in [5.74, 6) is 2.89. The summed E-state index contributed by atoms with van der Waals surface area (Å²) in [7, 11) is 0. The Kier molecular flexibility index (Phi) is 6.20. The minimum Gasteiger partial charge on any atom is -0.381 e. The van der Waals surface area contributed by atoms with Gasteiger partial charge in [0.15, 0.2) is 0 Å². The molecule has 0 atom stereocenters. The molecule has 0 unspecified atom stereocenters. The van der Waals surface area contributed by atoms with Crippen LogP contribution in [0.15, 0.2) is 0 Å². The van der Waals surface area contributed by atoms with Crippen molar-refractivity contribution in [2.75, 3.05) is 26.3 Å². The molecule has 1 saturated heterocycles. The van der Waals surface area contributed by atoms with Gasteiger partial charge in [-0.2, -0.15) is 0 Å². The van der Waals surface area contributed by atoms with Crippen molar-refractivity contribution in [1.82, 2.24) is 25.4 Å². The van der Waals surface area contributed by atoms with Crippen molar-refractivity contribution >= 4 is 5.91 Å². The van der Waals surface area contributed by atoms with Crippen LogP contribution < -0.4 is 10.6 Å². The first-order chi connectivity index (χ1) is 11.8. The van der Waals surface area contributed by atoms with E-state index in [9.17, 15) is 4.79 Å². The fourth-order valence-electron chi connectivity index (χ4n) is 3.20. The van der Waals surface area contributed by atoms with Gasteiger partial charge >= 0.3 is 0 Å². The first-order valence-electron chi connectivity index (χ1n) is 9.27. The van der Waals surface area contributed by atoms with Gasteiger partial charge in [0, 0.05) is 44.7 Å². The zero-order valence-corrected chi connectivity index (χ0v) is 14.6. The standard InChI is InChI=1S/C17H29N5O2/c1-2-22-15(20-21-17(22)13-5-6-13)4-3-9-18-16(23)12-19-14-7-10-24-11-8-14/h13-14,19H,2-12H2,1H3,(H,18,23). The third-order valence-electron chi connectivity index (χ3n) is 4.79. The van der Waals surface area contributed by atoms with Crippen LogP contribution in [0, 0.1) is 0 Å². The largest absolute Gasteiger partial charge is 0.381 e. The zero-order chi connectivity index (χ0) is 16.8. The molecule has 2 aliphatic rings. The van der Waals surface area contributed by atoms with E-state index < -0.39 is 0 Å². The zero-order valence-electron chi connectivity index (χ0n) is 14.6. The molecule has 1 aliphatic carbocycles. The topological polar surface area (TPSA) is 81.1 Å². The molecule has 1 amide bonds. The van der Waals surface area contributed by atoms with E-state index >= 15 is 0 Å². The number of hydrogen-bond donors (Lipinski definition) is 2. The van der Waals surface area contributed by atoms with Gasteiger partial charge in [-0.15, -0.1) is 10.2 Å². The average molecular weight is 335 g/mol. The molecule has 1 saturated carbocycles. The summed E-state index contributed by atoms with van der Waals surface area (Å²) in [6, 6.07) is 0.411.